The Morgan fingerprint density at radius 2 is 0.864 bits per heavy atom. The van der Waals surface area contributed by atoms with Crippen molar-refractivity contribution in [1.82, 2.24) is 0 Å². The fourth-order valence-corrected chi connectivity index (χ4v) is 7.80. The Morgan fingerprint density at radius 3 is 1.25 bits per heavy atom. The molecule has 0 fully saturated rings. The van der Waals surface area contributed by atoms with E-state index in [-0.39, 0.29) is 49.2 Å². The van der Waals surface area contributed by atoms with Gasteiger partial charge in [-0.3, -0.25) is 4.55 Å². The van der Waals surface area contributed by atoms with Crippen LogP contribution in [-0.4, -0.2) is 68.8 Å². The minimum Gasteiger partial charge on any atom is -0.869 e. The van der Waals surface area contributed by atoms with Gasteiger partial charge in [0, 0.05) is 0 Å². The topological polar surface area (TPSA) is 173 Å². The van der Waals surface area contributed by atoms with Crippen LogP contribution in [0.3, 0.4) is 0 Å². The van der Waals surface area contributed by atoms with Crippen molar-refractivity contribution >= 4 is 58.0 Å². The van der Waals surface area contributed by atoms with Crippen molar-refractivity contribution in [2.45, 2.75) is 152 Å². The van der Waals surface area contributed by atoms with E-state index in [1.165, 1.54) is 89.2 Å². The van der Waals surface area contributed by atoms with Gasteiger partial charge in [-0.15, -0.1) is 0 Å². The number of hydrogen-bond donors (Lipinski definition) is 2. The summed E-state index contributed by atoms with van der Waals surface area (Å²) in [7, 11) is -9.39. The Kier molecular flexibility index (Phi) is 25.4. The van der Waals surface area contributed by atoms with Gasteiger partial charge in [0.2, 0.25) is 0 Å². The molecule has 0 aliphatic carbocycles. The summed E-state index contributed by atoms with van der Waals surface area (Å²) in [6.07, 6.45) is 22.8. The smallest absolute Gasteiger partial charge is 0.869 e. The molecule has 59 heavy (non-hydrogen) atoms. The van der Waals surface area contributed by atoms with Crippen LogP contribution in [0.4, 0.5) is 0 Å². The van der Waals surface area contributed by atoms with Gasteiger partial charge in [-0.1, -0.05) is 165 Å². The zero-order chi connectivity index (χ0) is 42.2. The molecule has 0 spiro atoms. The van der Waals surface area contributed by atoms with E-state index < -0.39 is 41.5 Å². The number of rotatable bonds is 26. The Balaban J connectivity index is 0.000000400. The van der Waals surface area contributed by atoms with E-state index in [1.54, 1.807) is 54.6 Å². The van der Waals surface area contributed by atoms with E-state index in [0.29, 0.717) is 29.9 Å². The Hall–Kier alpha value is -2.84. The van der Waals surface area contributed by atoms with Crippen LogP contribution in [0, 0.1) is 0 Å². The van der Waals surface area contributed by atoms with Crippen molar-refractivity contribution in [3.05, 3.63) is 96.1 Å². The van der Waals surface area contributed by atoms with Crippen LogP contribution in [0.1, 0.15) is 141 Å². The van der Waals surface area contributed by atoms with Crippen LogP contribution in [-0.2, 0) is 33.1 Å². The van der Waals surface area contributed by atoms with E-state index in [9.17, 15) is 36.2 Å². The van der Waals surface area contributed by atoms with Gasteiger partial charge in [0.1, 0.15) is 32.3 Å². The predicted octanol–water partition coefficient (Wildman–Crippen LogP) is 11.7. The minimum absolute atomic E-state index is 0. The third-order valence-electron chi connectivity index (χ3n) is 9.91. The number of para-hydroxylation sites is 2. The quantitative estimate of drug-likeness (QED) is 0.0351. The first-order valence-corrected chi connectivity index (χ1v) is 23.8. The molecule has 0 aliphatic heterocycles. The van der Waals surface area contributed by atoms with Gasteiger partial charge >= 0.3 is 37.7 Å². The molecular weight excluding hydrogens is 817 g/mol. The van der Waals surface area contributed by atoms with Gasteiger partial charge in [-0.25, -0.2) is 8.42 Å². The summed E-state index contributed by atoms with van der Waals surface area (Å²) in [5, 5.41) is 23.0. The first-order valence-electron chi connectivity index (χ1n) is 20.9. The maximum Gasteiger partial charge on any atom is 2.00 e. The van der Waals surface area contributed by atoms with Crippen molar-refractivity contribution < 1.29 is 45.6 Å². The first kappa shape index (κ1) is 52.3. The molecule has 0 radical (unpaired) electrons. The minimum atomic E-state index is -4.85. The summed E-state index contributed by atoms with van der Waals surface area (Å²) >= 11 is 0. The average Bonchev–Trinajstić information content (AvgIpc) is 3.19. The summed E-state index contributed by atoms with van der Waals surface area (Å²) < 4.78 is 78.1. The molecule has 4 rings (SSSR count). The molecule has 0 heterocycles. The molecule has 4 aromatic carbocycles. The van der Waals surface area contributed by atoms with Crippen LogP contribution in [0.2, 0.25) is 0 Å². The van der Waals surface area contributed by atoms with Gasteiger partial charge in [0.05, 0.1) is 4.90 Å². The van der Waals surface area contributed by atoms with Crippen molar-refractivity contribution in [3.8, 4) is 34.5 Å². The molecule has 0 unspecified atom stereocenters. The summed E-state index contributed by atoms with van der Waals surface area (Å²) in [4.78, 5) is -1.31. The van der Waals surface area contributed by atoms with Crippen LogP contribution >= 0.6 is 0 Å². The standard InChI is InChI=1S/2C23H32O5S.Ca/c2*1-2-3-4-5-6-7-8-9-11-14-19-17-18-21(29(25,26)27)22(24)23(19)28-20-15-12-10-13-16-20;/h2*10,12-13,15-18,24H,2-9,11,14H2,1H3,(H,25,26,27);/q;;+2/p-2. The van der Waals surface area contributed by atoms with Gasteiger partial charge in [-0.2, -0.15) is 8.42 Å². The van der Waals surface area contributed by atoms with Crippen molar-refractivity contribution in [2.24, 2.45) is 0 Å². The predicted molar refractivity (Wildman–Crippen MR) is 232 cm³/mol. The summed E-state index contributed by atoms with van der Waals surface area (Å²) in [5.74, 6) is -0.470. The molecule has 0 aromatic heterocycles. The van der Waals surface area contributed by atoms with Crippen LogP contribution < -0.4 is 14.6 Å². The molecule has 4 aromatic rings. The number of phenols is 1. The maximum absolute atomic E-state index is 12.6. The third kappa shape index (κ3) is 19.6. The van der Waals surface area contributed by atoms with Crippen molar-refractivity contribution in [3.63, 3.8) is 0 Å². The number of aromatic hydroxyl groups is 1. The molecule has 0 bridgehead atoms. The Bertz CT molecular complexity index is 1850. The zero-order valence-corrected chi connectivity index (χ0v) is 38.8. The molecular formula is C46H62CaO10S2. The molecule has 13 heteroatoms. The summed E-state index contributed by atoms with van der Waals surface area (Å²) in [5.41, 5.74) is 1.36. The van der Waals surface area contributed by atoms with E-state index in [1.807, 2.05) is 12.1 Å². The second kappa shape index (κ2) is 28.6. The van der Waals surface area contributed by atoms with E-state index >= 15 is 0 Å². The Morgan fingerprint density at radius 1 is 0.508 bits per heavy atom. The zero-order valence-electron chi connectivity index (χ0n) is 34.9. The number of ether oxygens (including phenoxy) is 2. The van der Waals surface area contributed by atoms with Crippen LogP contribution in [0.25, 0.3) is 0 Å². The average molecular weight is 879 g/mol. The SMILES string of the molecule is CCCCCCCCCCCc1ccc(S(=O)(=O)O)c(O)c1Oc1ccccc1.CCCCCCCCCCCc1ccc(S(=O)(=O)[O-])c([O-])c1Oc1ccccc1.[Ca+2]. The van der Waals surface area contributed by atoms with Crippen LogP contribution in [0.5, 0.6) is 34.5 Å². The van der Waals surface area contributed by atoms with Gasteiger partial charge < -0.3 is 24.2 Å². The number of aryl methyl sites for hydroxylation is 2. The fraction of sp³-hybridized carbons (Fsp3) is 0.478. The van der Waals surface area contributed by atoms with Gasteiger partial charge in [0.25, 0.3) is 10.1 Å². The number of phenolic OH excluding ortho intramolecular Hbond substituents is 1. The number of benzene rings is 4. The molecule has 0 saturated carbocycles. The van der Waals surface area contributed by atoms with Crippen LogP contribution in [0.15, 0.2) is 94.7 Å². The third-order valence-corrected chi connectivity index (χ3v) is 11.7. The normalized spacial score (nSPS) is 11.3. The molecule has 10 nitrogen and oxygen atoms in total. The second-order valence-electron chi connectivity index (χ2n) is 14.7. The molecule has 0 saturated heterocycles. The molecule has 0 atom stereocenters. The second-order valence-corrected chi connectivity index (χ2v) is 17.4. The van der Waals surface area contributed by atoms with E-state index in [4.69, 9.17) is 9.47 Å². The molecule has 0 amide bonds. The van der Waals surface area contributed by atoms with E-state index in [0.717, 1.165) is 50.2 Å². The number of unbranched alkanes of at least 4 members (excludes halogenated alkanes) is 16. The molecule has 320 valence electrons. The van der Waals surface area contributed by atoms with E-state index in [2.05, 4.69) is 13.8 Å². The fourth-order valence-electron chi connectivity index (χ4n) is 6.67. The van der Waals surface area contributed by atoms with Gasteiger partial charge in [-0.05, 0) is 79.0 Å². The van der Waals surface area contributed by atoms with Crippen molar-refractivity contribution in [1.29, 1.82) is 0 Å². The van der Waals surface area contributed by atoms with Crippen molar-refractivity contribution in [2.75, 3.05) is 0 Å². The molecule has 0 aliphatic rings. The first-order chi connectivity index (χ1) is 27.9. The molecule has 2 N–H and O–H groups in total. The number of hydrogen-bond acceptors (Lipinski definition) is 9. The largest absolute Gasteiger partial charge is 2.00 e. The Labute approximate surface area is 383 Å². The monoisotopic (exact) mass is 878 g/mol. The summed E-state index contributed by atoms with van der Waals surface area (Å²) in [6, 6.07) is 23.0. The maximum atomic E-state index is 12.6. The van der Waals surface area contributed by atoms with Gasteiger partial charge in [0.15, 0.2) is 11.5 Å². The summed E-state index contributed by atoms with van der Waals surface area (Å²) in [6.45, 7) is 4.43.